The van der Waals surface area contributed by atoms with Crippen molar-refractivity contribution in [3.8, 4) is 0 Å². The van der Waals surface area contributed by atoms with Crippen LogP contribution in [-0.4, -0.2) is 41.2 Å². The summed E-state index contributed by atoms with van der Waals surface area (Å²) in [5.74, 6) is -2.17. The van der Waals surface area contributed by atoms with Gasteiger partial charge in [-0.1, -0.05) is 12.8 Å². The monoisotopic (exact) mass is 296 g/mol. The van der Waals surface area contributed by atoms with Crippen LogP contribution in [0.15, 0.2) is 0 Å². The maximum Gasteiger partial charge on any atom is 0.308 e. The summed E-state index contributed by atoms with van der Waals surface area (Å²) in [4.78, 5) is 47.9. The maximum absolute atomic E-state index is 12.2. The normalized spacial score (nSPS) is 26.4. The molecule has 1 aliphatic carbocycles. The molecule has 0 spiro atoms. The lowest BCUT2D eigenvalue weighted by Crippen LogP contribution is -2.35. The molecule has 0 aromatic rings. The highest BCUT2D eigenvalue weighted by Crippen LogP contribution is 2.37. The molecule has 2 aliphatic rings. The fraction of sp³-hybridized carbons (Fsp3) is 0.714. The van der Waals surface area contributed by atoms with E-state index in [1.165, 1.54) is 6.92 Å². The van der Waals surface area contributed by atoms with E-state index in [0.29, 0.717) is 0 Å². The van der Waals surface area contributed by atoms with E-state index in [1.807, 2.05) is 0 Å². The molecule has 1 heterocycles. The number of hydrogen-bond acceptors (Lipinski definition) is 5. The van der Waals surface area contributed by atoms with E-state index < -0.39 is 18.0 Å². The second-order valence-corrected chi connectivity index (χ2v) is 5.61. The molecule has 0 aromatic heterocycles. The van der Waals surface area contributed by atoms with E-state index >= 15 is 0 Å². The number of nitrogens with zero attached hydrogens (tertiary/aromatic N) is 1. The molecule has 7 nitrogen and oxygen atoms in total. The van der Waals surface area contributed by atoms with Crippen molar-refractivity contribution in [1.82, 2.24) is 4.90 Å². The summed E-state index contributed by atoms with van der Waals surface area (Å²) in [5, 5.41) is 0. The Balaban J connectivity index is 1.88. The molecule has 1 aliphatic heterocycles. The minimum absolute atomic E-state index is 0.00891. The Bertz CT molecular complexity index is 452. The minimum Gasteiger partial charge on any atom is -0.453 e. The standard InChI is InChI=1S/C14H20N2O5/c1-8(12(15)18)21-11(17)6-7-16-13(19)9-4-2-3-5-10(9)14(16)20/h8-10H,2-7H2,1H3,(H2,15,18)/t8-,9+,10+/m1/s1. The Morgan fingerprint density at radius 3 is 2.24 bits per heavy atom. The third-order valence-electron chi connectivity index (χ3n) is 4.18. The SMILES string of the molecule is C[C@@H](OC(=O)CCN1C(=O)[C@H]2CCCC[C@@H]2C1=O)C(N)=O. The van der Waals surface area contributed by atoms with Crippen LogP contribution >= 0.6 is 0 Å². The smallest absolute Gasteiger partial charge is 0.308 e. The quantitative estimate of drug-likeness (QED) is 0.566. The maximum atomic E-state index is 12.2. The first kappa shape index (κ1) is 15.5. The molecule has 7 heteroatoms. The van der Waals surface area contributed by atoms with Gasteiger partial charge in [0.2, 0.25) is 11.8 Å². The third-order valence-corrected chi connectivity index (χ3v) is 4.18. The van der Waals surface area contributed by atoms with E-state index in [4.69, 9.17) is 10.5 Å². The zero-order chi connectivity index (χ0) is 15.6. The Kier molecular flexibility index (Phi) is 4.59. The molecule has 1 saturated carbocycles. The molecule has 3 atom stereocenters. The number of rotatable bonds is 5. The molecule has 2 N–H and O–H groups in total. The van der Waals surface area contributed by atoms with Crippen molar-refractivity contribution in [2.24, 2.45) is 17.6 Å². The van der Waals surface area contributed by atoms with Gasteiger partial charge in [-0.15, -0.1) is 0 Å². The lowest BCUT2D eigenvalue weighted by Gasteiger charge is -2.19. The average Bonchev–Trinajstić information content (AvgIpc) is 2.69. The van der Waals surface area contributed by atoms with Crippen LogP contribution in [0, 0.1) is 11.8 Å². The molecule has 1 saturated heterocycles. The molecule has 2 fully saturated rings. The number of ether oxygens (including phenoxy) is 1. The Morgan fingerprint density at radius 2 is 1.76 bits per heavy atom. The average molecular weight is 296 g/mol. The minimum atomic E-state index is -1.01. The number of esters is 1. The number of primary amides is 1. The fourth-order valence-electron chi connectivity index (χ4n) is 2.97. The molecule has 0 radical (unpaired) electrons. The molecule has 3 amide bonds. The highest BCUT2D eigenvalue weighted by atomic mass is 16.5. The number of amides is 3. The molecule has 21 heavy (non-hydrogen) atoms. The van der Waals surface area contributed by atoms with Gasteiger partial charge in [-0.25, -0.2) is 0 Å². The van der Waals surface area contributed by atoms with Crippen LogP contribution in [0.1, 0.15) is 39.0 Å². The summed E-state index contributed by atoms with van der Waals surface area (Å²) in [6.07, 6.45) is 2.29. The first-order valence-electron chi connectivity index (χ1n) is 7.26. The van der Waals surface area contributed by atoms with E-state index in [1.54, 1.807) is 0 Å². The molecular formula is C14H20N2O5. The third kappa shape index (κ3) is 3.22. The van der Waals surface area contributed by atoms with Gasteiger partial charge in [0.1, 0.15) is 0 Å². The van der Waals surface area contributed by atoms with Crippen LogP contribution in [0.3, 0.4) is 0 Å². The molecular weight excluding hydrogens is 276 g/mol. The first-order valence-corrected chi connectivity index (χ1v) is 7.26. The predicted molar refractivity (Wildman–Crippen MR) is 71.5 cm³/mol. The van der Waals surface area contributed by atoms with Gasteiger partial charge in [0.25, 0.3) is 5.91 Å². The van der Waals surface area contributed by atoms with Crippen LogP contribution in [0.5, 0.6) is 0 Å². The van der Waals surface area contributed by atoms with Gasteiger partial charge in [0.15, 0.2) is 6.10 Å². The summed E-state index contributed by atoms with van der Waals surface area (Å²) in [6, 6.07) is 0. The number of likely N-dealkylation sites (tertiary alicyclic amines) is 1. The summed E-state index contributed by atoms with van der Waals surface area (Å²) in [5.41, 5.74) is 4.99. The molecule has 0 unspecified atom stereocenters. The van der Waals surface area contributed by atoms with Crippen molar-refractivity contribution < 1.29 is 23.9 Å². The summed E-state index contributed by atoms with van der Waals surface area (Å²) >= 11 is 0. The summed E-state index contributed by atoms with van der Waals surface area (Å²) < 4.78 is 4.80. The second-order valence-electron chi connectivity index (χ2n) is 5.61. The zero-order valence-electron chi connectivity index (χ0n) is 12.0. The topological polar surface area (TPSA) is 107 Å². The van der Waals surface area contributed by atoms with Crippen molar-refractivity contribution >= 4 is 23.7 Å². The van der Waals surface area contributed by atoms with Gasteiger partial charge in [0.05, 0.1) is 18.3 Å². The van der Waals surface area contributed by atoms with Gasteiger partial charge < -0.3 is 10.5 Å². The lowest BCUT2D eigenvalue weighted by molar-refractivity contribution is -0.154. The summed E-state index contributed by atoms with van der Waals surface area (Å²) in [7, 11) is 0. The number of carbonyl (C=O) groups is 4. The van der Waals surface area contributed by atoms with E-state index in [-0.39, 0.29) is 36.6 Å². The van der Waals surface area contributed by atoms with Crippen molar-refractivity contribution in [3.63, 3.8) is 0 Å². The van der Waals surface area contributed by atoms with E-state index in [2.05, 4.69) is 0 Å². The molecule has 2 rings (SSSR count). The molecule has 116 valence electrons. The molecule has 0 bridgehead atoms. The highest BCUT2D eigenvalue weighted by Gasteiger charge is 2.47. The Labute approximate surface area is 122 Å². The molecule has 0 aromatic carbocycles. The summed E-state index contributed by atoms with van der Waals surface area (Å²) in [6.45, 7) is 1.38. The van der Waals surface area contributed by atoms with Crippen molar-refractivity contribution in [3.05, 3.63) is 0 Å². The van der Waals surface area contributed by atoms with Crippen LogP contribution in [0.2, 0.25) is 0 Å². The van der Waals surface area contributed by atoms with Crippen molar-refractivity contribution in [1.29, 1.82) is 0 Å². The number of hydrogen-bond donors (Lipinski definition) is 1. The van der Waals surface area contributed by atoms with Crippen LogP contribution in [-0.2, 0) is 23.9 Å². The van der Waals surface area contributed by atoms with Crippen LogP contribution in [0.25, 0.3) is 0 Å². The van der Waals surface area contributed by atoms with Gasteiger partial charge in [-0.2, -0.15) is 0 Å². The van der Waals surface area contributed by atoms with Crippen molar-refractivity contribution in [2.45, 2.75) is 45.1 Å². The predicted octanol–water partition coefficient (Wildman–Crippen LogP) is -0.0313. The van der Waals surface area contributed by atoms with Gasteiger partial charge in [-0.05, 0) is 19.8 Å². The number of imide groups is 1. The van der Waals surface area contributed by atoms with Gasteiger partial charge in [0, 0.05) is 6.54 Å². The van der Waals surface area contributed by atoms with E-state index in [9.17, 15) is 19.2 Å². The van der Waals surface area contributed by atoms with Gasteiger partial charge in [-0.3, -0.25) is 24.1 Å². The van der Waals surface area contributed by atoms with Gasteiger partial charge >= 0.3 is 5.97 Å². The van der Waals surface area contributed by atoms with Crippen LogP contribution < -0.4 is 5.73 Å². The highest BCUT2D eigenvalue weighted by molar-refractivity contribution is 6.05. The fourth-order valence-corrected chi connectivity index (χ4v) is 2.97. The Morgan fingerprint density at radius 1 is 1.24 bits per heavy atom. The van der Waals surface area contributed by atoms with E-state index in [0.717, 1.165) is 30.6 Å². The van der Waals surface area contributed by atoms with Crippen LogP contribution in [0.4, 0.5) is 0 Å². The lowest BCUT2D eigenvalue weighted by atomic mass is 9.81. The number of carbonyl (C=O) groups excluding carboxylic acids is 4. The Hall–Kier alpha value is -1.92. The number of fused-ring (bicyclic) bond motifs is 1. The largest absolute Gasteiger partial charge is 0.453 e. The second kappa shape index (κ2) is 6.24. The van der Waals surface area contributed by atoms with Crippen molar-refractivity contribution in [2.75, 3.05) is 6.54 Å². The first-order chi connectivity index (χ1) is 9.91. The zero-order valence-corrected chi connectivity index (χ0v) is 12.0. The number of nitrogens with two attached hydrogens (primary N) is 1.